The van der Waals surface area contributed by atoms with Gasteiger partial charge in [0, 0.05) is 11.6 Å². The highest BCUT2D eigenvalue weighted by atomic mass is 16.5. The standard InChI is InChI=1S/C16H25NO2/c1-3-12-17-13-8-10-16(18,11-9-13)14-6-4-5-7-15(14)19-2/h4-7,13,17-18H,3,8-12H2,1-2H3. The van der Waals surface area contributed by atoms with Crippen molar-refractivity contribution in [2.45, 2.75) is 50.7 Å². The van der Waals surface area contributed by atoms with Gasteiger partial charge in [0.2, 0.25) is 0 Å². The summed E-state index contributed by atoms with van der Waals surface area (Å²) in [5, 5.41) is 14.4. The van der Waals surface area contributed by atoms with Crippen LogP contribution in [-0.4, -0.2) is 24.8 Å². The van der Waals surface area contributed by atoms with E-state index in [0.29, 0.717) is 6.04 Å². The number of ether oxygens (including phenoxy) is 1. The highest BCUT2D eigenvalue weighted by Gasteiger charge is 2.36. The Morgan fingerprint density at radius 1 is 1.32 bits per heavy atom. The molecule has 0 heterocycles. The van der Waals surface area contributed by atoms with Crippen LogP contribution in [-0.2, 0) is 5.60 Å². The summed E-state index contributed by atoms with van der Waals surface area (Å²) in [6, 6.07) is 8.37. The van der Waals surface area contributed by atoms with Gasteiger partial charge in [0.15, 0.2) is 0 Å². The Morgan fingerprint density at radius 3 is 2.63 bits per heavy atom. The van der Waals surface area contributed by atoms with Crippen molar-refractivity contribution in [1.29, 1.82) is 0 Å². The number of hydrogen-bond donors (Lipinski definition) is 2. The van der Waals surface area contributed by atoms with Gasteiger partial charge in [0.05, 0.1) is 12.7 Å². The van der Waals surface area contributed by atoms with Crippen LogP contribution in [0.3, 0.4) is 0 Å². The molecule has 1 aromatic rings. The average molecular weight is 263 g/mol. The Labute approximate surface area is 116 Å². The van der Waals surface area contributed by atoms with E-state index in [-0.39, 0.29) is 0 Å². The third-order valence-electron chi connectivity index (χ3n) is 4.10. The zero-order valence-corrected chi connectivity index (χ0v) is 12.0. The largest absolute Gasteiger partial charge is 0.496 e. The molecule has 1 aliphatic rings. The fraction of sp³-hybridized carbons (Fsp3) is 0.625. The van der Waals surface area contributed by atoms with Crippen molar-refractivity contribution in [3.8, 4) is 5.75 Å². The Kier molecular flexibility index (Phi) is 4.83. The molecular formula is C16H25NO2. The fourth-order valence-electron chi connectivity index (χ4n) is 2.95. The smallest absolute Gasteiger partial charge is 0.124 e. The lowest BCUT2D eigenvalue weighted by molar-refractivity contribution is -0.0101. The first kappa shape index (κ1) is 14.4. The highest BCUT2D eigenvalue weighted by molar-refractivity contribution is 5.38. The maximum atomic E-state index is 10.9. The third-order valence-corrected chi connectivity index (χ3v) is 4.10. The van der Waals surface area contributed by atoms with E-state index >= 15 is 0 Å². The molecule has 0 spiro atoms. The molecule has 0 saturated heterocycles. The van der Waals surface area contributed by atoms with Gasteiger partial charge in [-0.3, -0.25) is 0 Å². The predicted octanol–water partition coefficient (Wildman–Crippen LogP) is 2.83. The Morgan fingerprint density at radius 2 is 2.00 bits per heavy atom. The van der Waals surface area contributed by atoms with Gasteiger partial charge < -0.3 is 15.2 Å². The molecule has 0 atom stereocenters. The summed E-state index contributed by atoms with van der Waals surface area (Å²) in [4.78, 5) is 0. The first-order valence-electron chi connectivity index (χ1n) is 7.29. The maximum Gasteiger partial charge on any atom is 0.124 e. The number of methoxy groups -OCH3 is 1. The van der Waals surface area contributed by atoms with E-state index in [0.717, 1.165) is 50.0 Å². The van der Waals surface area contributed by atoms with E-state index in [9.17, 15) is 5.11 Å². The quantitative estimate of drug-likeness (QED) is 0.858. The van der Waals surface area contributed by atoms with Crippen molar-refractivity contribution >= 4 is 0 Å². The molecule has 0 radical (unpaired) electrons. The number of para-hydroxylation sites is 1. The second-order valence-corrected chi connectivity index (χ2v) is 5.46. The number of aliphatic hydroxyl groups is 1. The third kappa shape index (κ3) is 3.28. The summed E-state index contributed by atoms with van der Waals surface area (Å²) in [5.74, 6) is 0.796. The van der Waals surface area contributed by atoms with Gasteiger partial charge in [-0.25, -0.2) is 0 Å². The molecule has 3 nitrogen and oxygen atoms in total. The first-order valence-corrected chi connectivity index (χ1v) is 7.29. The molecule has 1 aliphatic carbocycles. The summed E-state index contributed by atoms with van der Waals surface area (Å²) < 4.78 is 5.38. The molecule has 1 fully saturated rings. The molecule has 2 N–H and O–H groups in total. The van der Waals surface area contributed by atoms with Crippen molar-refractivity contribution in [1.82, 2.24) is 5.32 Å². The molecule has 3 heteroatoms. The SMILES string of the molecule is CCCNC1CCC(O)(c2ccccc2OC)CC1. The zero-order valence-electron chi connectivity index (χ0n) is 12.0. The Hall–Kier alpha value is -1.06. The lowest BCUT2D eigenvalue weighted by Gasteiger charge is -2.37. The van der Waals surface area contributed by atoms with E-state index < -0.39 is 5.60 Å². The minimum absolute atomic E-state index is 0.551. The maximum absolute atomic E-state index is 10.9. The Balaban J connectivity index is 2.05. The van der Waals surface area contributed by atoms with Crippen LogP contribution in [0.2, 0.25) is 0 Å². The summed E-state index contributed by atoms with van der Waals surface area (Å²) in [6.45, 7) is 3.25. The van der Waals surface area contributed by atoms with Crippen LogP contribution in [0, 0.1) is 0 Å². The van der Waals surface area contributed by atoms with Crippen LogP contribution in [0.15, 0.2) is 24.3 Å². The van der Waals surface area contributed by atoms with Crippen LogP contribution in [0.4, 0.5) is 0 Å². The molecule has 0 unspecified atom stereocenters. The molecular weight excluding hydrogens is 238 g/mol. The van der Waals surface area contributed by atoms with Gasteiger partial charge in [0.1, 0.15) is 5.75 Å². The molecule has 0 aliphatic heterocycles. The van der Waals surface area contributed by atoms with Gasteiger partial charge in [-0.2, -0.15) is 0 Å². The van der Waals surface area contributed by atoms with E-state index in [1.54, 1.807) is 7.11 Å². The molecule has 2 rings (SSSR count). The van der Waals surface area contributed by atoms with Crippen LogP contribution in [0.25, 0.3) is 0 Å². The van der Waals surface area contributed by atoms with Crippen LogP contribution >= 0.6 is 0 Å². The molecule has 0 aromatic heterocycles. The van der Waals surface area contributed by atoms with Gasteiger partial charge in [-0.1, -0.05) is 25.1 Å². The van der Waals surface area contributed by atoms with Crippen LogP contribution in [0.5, 0.6) is 5.75 Å². The van der Waals surface area contributed by atoms with Crippen molar-refractivity contribution in [2.24, 2.45) is 0 Å². The second kappa shape index (κ2) is 6.40. The molecule has 0 bridgehead atoms. The van der Waals surface area contributed by atoms with E-state index in [1.807, 2.05) is 24.3 Å². The number of benzene rings is 1. The average Bonchev–Trinajstić information content (AvgIpc) is 2.47. The van der Waals surface area contributed by atoms with Crippen molar-refractivity contribution < 1.29 is 9.84 Å². The zero-order chi connectivity index (χ0) is 13.7. The molecule has 19 heavy (non-hydrogen) atoms. The van der Waals surface area contributed by atoms with Crippen LogP contribution in [0.1, 0.15) is 44.6 Å². The summed E-state index contributed by atoms with van der Waals surface area (Å²) in [7, 11) is 1.66. The van der Waals surface area contributed by atoms with E-state index in [2.05, 4.69) is 12.2 Å². The predicted molar refractivity (Wildman–Crippen MR) is 77.4 cm³/mol. The molecule has 0 amide bonds. The van der Waals surface area contributed by atoms with Gasteiger partial charge in [-0.05, 0) is 44.7 Å². The lowest BCUT2D eigenvalue weighted by Crippen LogP contribution is -2.40. The van der Waals surface area contributed by atoms with Crippen molar-refractivity contribution in [2.75, 3.05) is 13.7 Å². The second-order valence-electron chi connectivity index (χ2n) is 5.46. The number of nitrogens with one attached hydrogen (secondary N) is 1. The van der Waals surface area contributed by atoms with E-state index in [4.69, 9.17) is 4.74 Å². The lowest BCUT2D eigenvalue weighted by atomic mass is 9.77. The topological polar surface area (TPSA) is 41.5 Å². The first-order chi connectivity index (χ1) is 9.19. The molecule has 106 valence electrons. The minimum atomic E-state index is -0.725. The summed E-state index contributed by atoms with van der Waals surface area (Å²) in [6.07, 6.45) is 4.81. The summed E-state index contributed by atoms with van der Waals surface area (Å²) >= 11 is 0. The van der Waals surface area contributed by atoms with Gasteiger partial charge in [0.25, 0.3) is 0 Å². The summed E-state index contributed by atoms with van der Waals surface area (Å²) in [5.41, 5.74) is 0.211. The van der Waals surface area contributed by atoms with E-state index in [1.165, 1.54) is 0 Å². The van der Waals surface area contributed by atoms with Crippen molar-refractivity contribution in [3.63, 3.8) is 0 Å². The fourth-order valence-corrected chi connectivity index (χ4v) is 2.95. The normalized spacial score (nSPS) is 27.2. The number of rotatable bonds is 5. The van der Waals surface area contributed by atoms with Crippen LogP contribution < -0.4 is 10.1 Å². The minimum Gasteiger partial charge on any atom is -0.496 e. The van der Waals surface area contributed by atoms with Crippen molar-refractivity contribution in [3.05, 3.63) is 29.8 Å². The van der Waals surface area contributed by atoms with Gasteiger partial charge in [-0.15, -0.1) is 0 Å². The van der Waals surface area contributed by atoms with Gasteiger partial charge >= 0.3 is 0 Å². The number of hydrogen-bond acceptors (Lipinski definition) is 3. The monoisotopic (exact) mass is 263 g/mol. The highest BCUT2D eigenvalue weighted by Crippen LogP contribution is 2.40. The molecule has 1 aromatic carbocycles. The molecule has 1 saturated carbocycles. The Bertz CT molecular complexity index is 397.